The molecule has 1 amide bonds. The molecule has 0 aromatic heterocycles. The third-order valence-corrected chi connectivity index (χ3v) is 7.12. The minimum absolute atomic E-state index is 0.144. The molecule has 0 aliphatic carbocycles. The van der Waals surface area contributed by atoms with Crippen molar-refractivity contribution in [3.8, 4) is 17.2 Å². The van der Waals surface area contributed by atoms with E-state index in [1.54, 1.807) is 55.7 Å². The highest BCUT2D eigenvalue weighted by Crippen LogP contribution is 2.37. The van der Waals surface area contributed by atoms with E-state index in [-0.39, 0.29) is 29.8 Å². The molecule has 0 bridgehead atoms. The van der Waals surface area contributed by atoms with Crippen molar-refractivity contribution < 1.29 is 32.9 Å². The van der Waals surface area contributed by atoms with Crippen molar-refractivity contribution in [3.05, 3.63) is 86.9 Å². The van der Waals surface area contributed by atoms with Crippen LogP contribution in [0.5, 0.6) is 17.2 Å². The minimum atomic E-state index is -0.549. The second kappa shape index (κ2) is 13.1. The molecule has 8 nitrogen and oxygen atoms in total. The number of benzene rings is 3. The van der Waals surface area contributed by atoms with Crippen molar-refractivity contribution in [1.82, 2.24) is 4.90 Å². The number of hydrogen-bond acceptors (Lipinski definition) is 7. The third kappa shape index (κ3) is 6.53. The lowest BCUT2D eigenvalue weighted by Gasteiger charge is -2.19. The van der Waals surface area contributed by atoms with E-state index in [1.807, 2.05) is 13.0 Å². The lowest BCUT2D eigenvalue weighted by Crippen LogP contribution is -2.35. The molecule has 40 heavy (non-hydrogen) atoms. The van der Waals surface area contributed by atoms with E-state index in [9.17, 15) is 14.0 Å². The van der Waals surface area contributed by atoms with Crippen molar-refractivity contribution in [2.75, 3.05) is 32.3 Å². The number of thiocarbonyl (C=S) groups is 1. The lowest BCUT2D eigenvalue weighted by atomic mass is 10.1. The quantitative estimate of drug-likeness (QED) is 0.120. The summed E-state index contributed by atoms with van der Waals surface area (Å²) in [4.78, 5) is 28.7. The summed E-state index contributed by atoms with van der Waals surface area (Å²) in [7, 11) is 2.83. The number of nitrogens with zero attached hydrogens (tertiary/aromatic N) is 2. The van der Waals surface area contributed by atoms with Gasteiger partial charge in [0.1, 0.15) is 30.4 Å². The van der Waals surface area contributed by atoms with Crippen LogP contribution in [0.3, 0.4) is 0 Å². The average Bonchev–Trinajstić information content (AvgIpc) is 3.17. The summed E-state index contributed by atoms with van der Waals surface area (Å²) < 4.78 is 36.0. The van der Waals surface area contributed by atoms with Crippen LogP contribution in [0.2, 0.25) is 0 Å². The van der Waals surface area contributed by atoms with Gasteiger partial charge in [-0.3, -0.25) is 14.5 Å². The van der Waals surface area contributed by atoms with E-state index in [4.69, 9.17) is 31.2 Å². The smallest absolute Gasteiger partial charge is 0.325 e. The average molecular weight is 677 g/mol. The molecule has 1 aliphatic rings. The van der Waals surface area contributed by atoms with Crippen LogP contribution in [-0.4, -0.2) is 49.3 Å². The summed E-state index contributed by atoms with van der Waals surface area (Å²) >= 11 is 7.76. The molecule has 3 aromatic carbocycles. The standard InChI is InChI=1S/C29H26FIN2O6S/c1-4-38-25-15-19(13-23(31)27(25)39-17-18-5-7-20(30)8-6-18)14-24-28(35)33(21-9-11-22(36-2)12-10-21)29(40)32(24)16-26(34)37-3/h5-15H,4,16-17H2,1-3H3/b24-14-. The van der Waals surface area contributed by atoms with Gasteiger partial charge in [0.2, 0.25) is 0 Å². The molecule has 0 radical (unpaired) electrons. The number of hydrogen-bond donors (Lipinski definition) is 0. The number of methoxy groups -OCH3 is 2. The second-order valence-electron chi connectivity index (χ2n) is 8.49. The zero-order chi connectivity index (χ0) is 28.8. The molecule has 1 aliphatic heterocycles. The van der Waals surface area contributed by atoms with Gasteiger partial charge in [0.15, 0.2) is 16.6 Å². The molecule has 4 rings (SSSR count). The first-order valence-corrected chi connectivity index (χ1v) is 13.7. The monoisotopic (exact) mass is 676 g/mol. The first-order valence-electron chi connectivity index (χ1n) is 12.2. The first-order chi connectivity index (χ1) is 19.2. The SMILES string of the molecule is CCOc1cc(/C=C2/C(=O)N(c3ccc(OC)cc3)C(=S)N2CC(=O)OC)cc(I)c1OCc1ccc(F)cc1. The van der Waals surface area contributed by atoms with Crippen LogP contribution in [0.4, 0.5) is 10.1 Å². The summed E-state index contributed by atoms with van der Waals surface area (Å²) in [6.07, 6.45) is 1.65. The van der Waals surface area contributed by atoms with Gasteiger partial charge in [0.25, 0.3) is 5.91 Å². The first kappa shape index (κ1) is 29.3. The third-order valence-electron chi connectivity index (χ3n) is 5.91. The Balaban J connectivity index is 1.70. The van der Waals surface area contributed by atoms with Crippen LogP contribution in [0.25, 0.3) is 6.08 Å². The van der Waals surface area contributed by atoms with Crippen LogP contribution in [-0.2, 0) is 20.9 Å². The maximum atomic E-state index is 13.7. The van der Waals surface area contributed by atoms with E-state index in [2.05, 4.69) is 22.6 Å². The molecule has 0 spiro atoms. The highest BCUT2D eigenvalue weighted by atomic mass is 127. The Hall–Kier alpha value is -3.71. The fourth-order valence-electron chi connectivity index (χ4n) is 3.95. The number of esters is 1. The van der Waals surface area contributed by atoms with Gasteiger partial charge in [-0.1, -0.05) is 12.1 Å². The van der Waals surface area contributed by atoms with Gasteiger partial charge in [-0.2, -0.15) is 0 Å². The summed E-state index contributed by atoms with van der Waals surface area (Å²) in [6.45, 7) is 2.21. The molecule has 1 fully saturated rings. The number of anilines is 1. The molecule has 0 unspecified atom stereocenters. The zero-order valence-electron chi connectivity index (χ0n) is 22.0. The highest BCUT2D eigenvalue weighted by molar-refractivity contribution is 14.1. The number of amides is 1. The number of rotatable bonds is 10. The number of carbonyl (C=O) groups is 2. The predicted molar refractivity (Wildman–Crippen MR) is 161 cm³/mol. The van der Waals surface area contributed by atoms with E-state index in [0.717, 1.165) is 9.13 Å². The summed E-state index contributed by atoms with van der Waals surface area (Å²) in [5, 5.41) is 0.144. The van der Waals surface area contributed by atoms with Crippen LogP contribution >= 0.6 is 34.8 Å². The Kier molecular flexibility index (Phi) is 9.58. The van der Waals surface area contributed by atoms with Crippen LogP contribution in [0, 0.1) is 9.39 Å². The summed E-state index contributed by atoms with van der Waals surface area (Å²) in [5.74, 6) is 0.355. The molecular formula is C29H26FIN2O6S. The summed E-state index contributed by atoms with van der Waals surface area (Å²) in [6, 6.07) is 16.5. The molecule has 0 saturated carbocycles. The molecule has 1 saturated heterocycles. The van der Waals surface area contributed by atoms with E-state index < -0.39 is 11.9 Å². The van der Waals surface area contributed by atoms with Crippen molar-refractivity contribution >= 4 is 63.6 Å². The molecule has 0 N–H and O–H groups in total. The van der Waals surface area contributed by atoms with Crippen molar-refractivity contribution in [2.24, 2.45) is 0 Å². The van der Waals surface area contributed by atoms with Gasteiger partial charge in [-0.05, 0) is 107 Å². The van der Waals surface area contributed by atoms with Crippen molar-refractivity contribution in [2.45, 2.75) is 13.5 Å². The van der Waals surface area contributed by atoms with Crippen LogP contribution in [0.15, 0.2) is 66.4 Å². The minimum Gasteiger partial charge on any atom is -0.497 e. The van der Waals surface area contributed by atoms with Crippen LogP contribution in [0.1, 0.15) is 18.1 Å². The summed E-state index contributed by atoms with van der Waals surface area (Å²) in [5.41, 5.74) is 2.17. The lowest BCUT2D eigenvalue weighted by molar-refractivity contribution is -0.140. The Morgan fingerprint density at radius 2 is 1.75 bits per heavy atom. The largest absolute Gasteiger partial charge is 0.497 e. The molecule has 3 aromatic rings. The Morgan fingerprint density at radius 3 is 2.38 bits per heavy atom. The van der Waals surface area contributed by atoms with E-state index in [0.29, 0.717) is 35.1 Å². The van der Waals surface area contributed by atoms with Gasteiger partial charge in [-0.15, -0.1) is 0 Å². The number of ether oxygens (including phenoxy) is 4. The van der Waals surface area contributed by atoms with Gasteiger partial charge >= 0.3 is 5.97 Å². The zero-order valence-corrected chi connectivity index (χ0v) is 25.0. The molecule has 0 atom stereocenters. The Labute approximate surface area is 250 Å². The second-order valence-corrected chi connectivity index (χ2v) is 10.0. The van der Waals surface area contributed by atoms with Gasteiger partial charge in [0, 0.05) is 0 Å². The molecular weight excluding hydrogens is 650 g/mol. The predicted octanol–water partition coefficient (Wildman–Crippen LogP) is 5.56. The number of carbonyl (C=O) groups excluding carboxylic acids is 2. The molecule has 1 heterocycles. The molecule has 208 valence electrons. The topological polar surface area (TPSA) is 77.5 Å². The van der Waals surface area contributed by atoms with Crippen molar-refractivity contribution in [1.29, 1.82) is 0 Å². The highest BCUT2D eigenvalue weighted by Gasteiger charge is 2.40. The van der Waals surface area contributed by atoms with Gasteiger partial charge < -0.3 is 23.8 Å². The maximum Gasteiger partial charge on any atom is 0.325 e. The fourth-order valence-corrected chi connectivity index (χ4v) is 5.09. The molecule has 11 heteroatoms. The normalized spacial score (nSPS) is 14.1. The van der Waals surface area contributed by atoms with Gasteiger partial charge in [-0.25, -0.2) is 4.39 Å². The van der Waals surface area contributed by atoms with Crippen LogP contribution < -0.4 is 19.1 Å². The van der Waals surface area contributed by atoms with Crippen molar-refractivity contribution in [3.63, 3.8) is 0 Å². The fraction of sp³-hybridized carbons (Fsp3) is 0.207. The maximum absolute atomic E-state index is 13.7. The Bertz CT molecular complexity index is 1450. The van der Waals surface area contributed by atoms with Gasteiger partial charge in [0.05, 0.1) is 30.1 Å². The number of halogens is 2. The van der Waals surface area contributed by atoms with E-state index in [1.165, 1.54) is 29.0 Å². The Morgan fingerprint density at radius 1 is 1.05 bits per heavy atom. The van der Waals surface area contributed by atoms with E-state index >= 15 is 0 Å².